The molecule has 26 heavy (non-hydrogen) atoms. The molecule has 0 aromatic heterocycles. The maximum Gasteiger partial charge on any atom is 0.255 e. The Hall–Kier alpha value is -2.77. The number of hydrogen-bond acceptors (Lipinski definition) is 4. The van der Waals surface area contributed by atoms with Gasteiger partial charge in [-0.2, -0.15) is 0 Å². The van der Waals surface area contributed by atoms with Crippen LogP contribution in [0.4, 0.5) is 10.1 Å². The molecule has 2 aromatic carbocycles. The largest absolute Gasteiger partial charge is 0.366 e. The molecule has 0 saturated carbocycles. The maximum atomic E-state index is 13.2. The summed E-state index contributed by atoms with van der Waals surface area (Å²) >= 11 is 0. The number of nitrogens with one attached hydrogen (secondary N) is 3. The summed E-state index contributed by atoms with van der Waals surface area (Å²) < 4.78 is 18.6. The van der Waals surface area contributed by atoms with Crippen LogP contribution in [-0.4, -0.2) is 37.6 Å². The molecule has 3 N–H and O–H groups in total. The van der Waals surface area contributed by atoms with Crippen LogP contribution in [0.5, 0.6) is 0 Å². The van der Waals surface area contributed by atoms with Gasteiger partial charge in [-0.15, -0.1) is 0 Å². The highest BCUT2D eigenvalue weighted by atomic mass is 19.1. The van der Waals surface area contributed by atoms with Gasteiger partial charge in [0.2, 0.25) is 0 Å². The van der Waals surface area contributed by atoms with Crippen LogP contribution in [0.2, 0.25) is 0 Å². The lowest BCUT2D eigenvalue weighted by atomic mass is 10.1. The molecule has 2 aromatic rings. The number of hydrogen-bond donors (Lipinski definition) is 3. The molecule has 0 bridgehead atoms. The van der Waals surface area contributed by atoms with Crippen LogP contribution >= 0.6 is 0 Å². The standard InChI is InChI=1S/C19H20FN3O3/c20-15-5-2-4-14(10-15)18(24)23-16-6-1-3-13(9-16)11-22-19(25)17-12-21-7-8-26-17/h1-6,9-10,17,21H,7-8,11-12H2,(H,22,25)(H,23,24). The molecular formula is C19H20FN3O3. The van der Waals surface area contributed by atoms with Gasteiger partial charge in [-0.1, -0.05) is 18.2 Å². The highest BCUT2D eigenvalue weighted by Crippen LogP contribution is 2.13. The smallest absolute Gasteiger partial charge is 0.255 e. The molecule has 6 nitrogen and oxygen atoms in total. The van der Waals surface area contributed by atoms with E-state index in [9.17, 15) is 14.0 Å². The molecule has 1 saturated heterocycles. The molecule has 1 unspecified atom stereocenters. The van der Waals surface area contributed by atoms with Crippen molar-refractivity contribution in [2.45, 2.75) is 12.6 Å². The predicted octanol–water partition coefficient (Wildman–Crippen LogP) is 1.68. The third-order valence-electron chi connectivity index (χ3n) is 3.96. The number of carbonyl (C=O) groups excluding carboxylic acids is 2. The fourth-order valence-electron chi connectivity index (χ4n) is 2.63. The predicted molar refractivity (Wildman–Crippen MR) is 95.3 cm³/mol. The van der Waals surface area contributed by atoms with Gasteiger partial charge in [0.05, 0.1) is 6.61 Å². The second-order valence-corrected chi connectivity index (χ2v) is 5.95. The fraction of sp³-hybridized carbons (Fsp3) is 0.263. The van der Waals surface area contributed by atoms with E-state index in [2.05, 4.69) is 16.0 Å². The topological polar surface area (TPSA) is 79.5 Å². The molecule has 1 fully saturated rings. The third kappa shape index (κ3) is 4.87. The third-order valence-corrected chi connectivity index (χ3v) is 3.96. The van der Waals surface area contributed by atoms with E-state index in [0.717, 1.165) is 12.1 Å². The summed E-state index contributed by atoms with van der Waals surface area (Å²) in [6.07, 6.45) is -0.486. The highest BCUT2D eigenvalue weighted by Gasteiger charge is 2.21. The van der Waals surface area contributed by atoms with Gasteiger partial charge in [0.15, 0.2) is 0 Å². The quantitative estimate of drug-likeness (QED) is 0.761. The van der Waals surface area contributed by atoms with Crippen LogP contribution in [0, 0.1) is 5.82 Å². The van der Waals surface area contributed by atoms with E-state index in [4.69, 9.17) is 4.74 Å². The summed E-state index contributed by atoms with van der Waals surface area (Å²) in [4.78, 5) is 24.2. The van der Waals surface area contributed by atoms with Gasteiger partial charge in [-0.3, -0.25) is 9.59 Å². The molecule has 7 heteroatoms. The van der Waals surface area contributed by atoms with Crippen LogP contribution in [0.25, 0.3) is 0 Å². The summed E-state index contributed by atoms with van der Waals surface area (Å²) in [5, 5.41) is 8.65. The van der Waals surface area contributed by atoms with Crippen LogP contribution in [0.3, 0.4) is 0 Å². The Morgan fingerprint density at radius 3 is 2.81 bits per heavy atom. The first-order valence-corrected chi connectivity index (χ1v) is 8.38. The summed E-state index contributed by atoms with van der Waals surface area (Å²) in [5.74, 6) is -1.03. The Labute approximate surface area is 150 Å². The van der Waals surface area contributed by atoms with E-state index in [0.29, 0.717) is 25.4 Å². The van der Waals surface area contributed by atoms with Gasteiger partial charge in [0.25, 0.3) is 11.8 Å². The molecular weight excluding hydrogens is 337 g/mol. The Morgan fingerprint density at radius 2 is 2.04 bits per heavy atom. The molecule has 0 aliphatic carbocycles. The van der Waals surface area contributed by atoms with Gasteiger partial charge in [-0.05, 0) is 35.9 Å². The molecule has 1 heterocycles. The lowest BCUT2D eigenvalue weighted by Gasteiger charge is -2.22. The van der Waals surface area contributed by atoms with Crippen molar-refractivity contribution in [1.82, 2.24) is 10.6 Å². The SMILES string of the molecule is O=C(Nc1cccc(CNC(=O)C2CNCCO2)c1)c1cccc(F)c1. The van der Waals surface area contributed by atoms with Gasteiger partial charge in [-0.25, -0.2) is 4.39 Å². The van der Waals surface area contributed by atoms with Crippen LogP contribution in [-0.2, 0) is 16.1 Å². The summed E-state index contributed by atoms with van der Waals surface area (Å²) in [6, 6.07) is 12.6. The number of morpholine rings is 1. The van der Waals surface area contributed by atoms with Gasteiger partial charge < -0.3 is 20.7 Å². The number of halogens is 1. The number of ether oxygens (including phenoxy) is 1. The van der Waals surface area contributed by atoms with Gasteiger partial charge in [0, 0.05) is 30.9 Å². The van der Waals surface area contributed by atoms with E-state index < -0.39 is 17.8 Å². The lowest BCUT2D eigenvalue weighted by Crippen LogP contribution is -2.47. The Balaban J connectivity index is 1.57. The zero-order chi connectivity index (χ0) is 18.4. The Kier molecular flexibility index (Phi) is 5.93. The number of carbonyl (C=O) groups is 2. The van der Waals surface area contributed by atoms with E-state index in [1.54, 1.807) is 24.3 Å². The highest BCUT2D eigenvalue weighted by molar-refractivity contribution is 6.04. The molecule has 1 atom stereocenters. The zero-order valence-corrected chi connectivity index (χ0v) is 14.1. The van der Waals surface area contributed by atoms with Gasteiger partial charge in [0.1, 0.15) is 11.9 Å². The number of benzene rings is 2. The normalized spacial score (nSPS) is 16.7. The van der Waals surface area contributed by atoms with Crippen molar-refractivity contribution in [3.63, 3.8) is 0 Å². The summed E-state index contributed by atoms with van der Waals surface area (Å²) in [5.41, 5.74) is 1.64. The van der Waals surface area contributed by atoms with Crippen molar-refractivity contribution in [3.05, 3.63) is 65.5 Å². The molecule has 1 aliphatic rings. The number of rotatable bonds is 5. The Morgan fingerprint density at radius 1 is 1.19 bits per heavy atom. The van der Waals surface area contributed by atoms with E-state index in [1.807, 2.05) is 6.07 Å². The van der Waals surface area contributed by atoms with E-state index in [1.165, 1.54) is 18.2 Å². The van der Waals surface area contributed by atoms with Crippen molar-refractivity contribution in [2.24, 2.45) is 0 Å². The molecule has 136 valence electrons. The fourth-order valence-corrected chi connectivity index (χ4v) is 2.63. The minimum atomic E-state index is -0.486. The summed E-state index contributed by atoms with van der Waals surface area (Å²) in [7, 11) is 0. The number of anilines is 1. The second-order valence-electron chi connectivity index (χ2n) is 5.95. The molecule has 1 aliphatic heterocycles. The average molecular weight is 357 g/mol. The summed E-state index contributed by atoms with van der Waals surface area (Å²) in [6.45, 7) is 2.08. The minimum absolute atomic E-state index is 0.175. The second kappa shape index (κ2) is 8.55. The first kappa shape index (κ1) is 18.0. The van der Waals surface area contributed by atoms with Crippen LogP contribution < -0.4 is 16.0 Å². The molecule has 0 radical (unpaired) electrons. The van der Waals surface area contributed by atoms with Crippen molar-refractivity contribution in [1.29, 1.82) is 0 Å². The average Bonchev–Trinajstić information content (AvgIpc) is 2.67. The van der Waals surface area contributed by atoms with Crippen LogP contribution in [0.15, 0.2) is 48.5 Å². The molecule has 0 spiro atoms. The lowest BCUT2D eigenvalue weighted by molar-refractivity contribution is -0.134. The first-order valence-electron chi connectivity index (χ1n) is 8.38. The maximum absolute atomic E-state index is 13.2. The monoisotopic (exact) mass is 357 g/mol. The van der Waals surface area contributed by atoms with Crippen LogP contribution in [0.1, 0.15) is 15.9 Å². The van der Waals surface area contributed by atoms with Crippen molar-refractivity contribution in [3.8, 4) is 0 Å². The van der Waals surface area contributed by atoms with Gasteiger partial charge >= 0.3 is 0 Å². The number of amides is 2. The van der Waals surface area contributed by atoms with Crippen molar-refractivity contribution < 1.29 is 18.7 Å². The Bertz CT molecular complexity index is 791. The first-order chi connectivity index (χ1) is 12.6. The molecule has 2 amide bonds. The van der Waals surface area contributed by atoms with Crippen molar-refractivity contribution in [2.75, 3.05) is 25.0 Å². The van der Waals surface area contributed by atoms with E-state index in [-0.39, 0.29) is 11.5 Å². The zero-order valence-electron chi connectivity index (χ0n) is 14.1. The molecule has 3 rings (SSSR count). The van der Waals surface area contributed by atoms with E-state index >= 15 is 0 Å². The van der Waals surface area contributed by atoms with Crippen molar-refractivity contribution >= 4 is 17.5 Å². The minimum Gasteiger partial charge on any atom is -0.366 e.